The van der Waals surface area contributed by atoms with Gasteiger partial charge in [-0.1, -0.05) is 0 Å². The third-order valence-corrected chi connectivity index (χ3v) is 4.97. The fourth-order valence-corrected chi connectivity index (χ4v) is 3.59. The van der Waals surface area contributed by atoms with E-state index in [0.29, 0.717) is 12.5 Å². The molecule has 25 heavy (non-hydrogen) atoms. The summed E-state index contributed by atoms with van der Waals surface area (Å²) in [6.07, 6.45) is 5.48. The lowest BCUT2D eigenvalue weighted by molar-refractivity contribution is -0.134. The molecule has 0 atom stereocenters. The summed E-state index contributed by atoms with van der Waals surface area (Å²) in [5.74, 6) is 0.643. The van der Waals surface area contributed by atoms with Crippen molar-refractivity contribution in [2.24, 2.45) is 0 Å². The monoisotopic (exact) mass is 347 g/mol. The second-order valence-corrected chi connectivity index (χ2v) is 7.17. The fourth-order valence-electron chi connectivity index (χ4n) is 3.59. The molecule has 7 heteroatoms. The van der Waals surface area contributed by atoms with E-state index in [1.807, 2.05) is 19.0 Å². The van der Waals surface area contributed by atoms with Crippen LogP contribution in [-0.4, -0.2) is 90.6 Å². The summed E-state index contributed by atoms with van der Waals surface area (Å²) in [5, 5.41) is 0. The Morgan fingerprint density at radius 1 is 1.16 bits per heavy atom. The molecule has 0 unspecified atom stereocenters. The zero-order valence-corrected chi connectivity index (χ0v) is 15.4. The van der Waals surface area contributed by atoms with E-state index in [2.05, 4.69) is 19.8 Å². The first-order chi connectivity index (χ1) is 12.1. The van der Waals surface area contributed by atoms with Crippen LogP contribution in [0.25, 0.3) is 0 Å². The van der Waals surface area contributed by atoms with Crippen molar-refractivity contribution in [2.75, 3.05) is 60.0 Å². The third-order valence-electron chi connectivity index (χ3n) is 4.97. The predicted molar refractivity (Wildman–Crippen MR) is 95.2 cm³/mol. The molecule has 0 bridgehead atoms. The predicted octanol–water partition coefficient (Wildman–Crippen LogP) is 0.576. The molecule has 2 fully saturated rings. The number of morpholine rings is 1. The van der Waals surface area contributed by atoms with Crippen molar-refractivity contribution in [2.45, 2.75) is 25.3 Å². The van der Waals surface area contributed by atoms with Crippen LogP contribution in [0.15, 0.2) is 12.4 Å². The third kappa shape index (κ3) is 4.96. The van der Waals surface area contributed by atoms with E-state index in [4.69, 9.17) is 4.74 Å². The number of piperidine rings is 1. The van der Waals surface area contributed by atoms with Crippen LogP contribution >= 0.6 is 0 Å². The van der Waals surface area contributed by atoms with Gasteiger partial charge in [-0.3, -0.25) is 19.7 Å². The van der Waals surface area contributed by atoms with Crippen molar-refractivity contribution in [1.29, 1.82) is 0 Å². The first-order valence-electron chi connectivity index (χ1n) is 9.16. The summed E-state index contributed by atoms with van der Waals surface area (Å²) in [6, 6.07) is 0. The zero-order chi connectivity index (χ0) is 17.6. The van der Waals surface area contributed by atoms with Crippen LogP contribution in [0.4, 0.5) is 0 Å². The van der Waals surface area contributed by atoms with Crippen molar-refractivity contribution in [3.63, 3.8) is 0 Å². The zero-order valence-electron chi connectivity index (χ0n) is 15.4. The minimum atomic E-state index is 0.244. The lowest BCUT2D eigenvalue weighted by Crippen LogP contribution is -2.46. The second kappa shape index (κ2) is 8.69. The van der Waals surface area contributed by atoms with Gasteiger partial charge in [0.15, 0.2) is 0 Å². The van der Waals surface area contributed by atoms with Gasteiger partial charge in [0.1, 0.15) is 0 Å². The van der Waals surface area contributed by atoms with Gasteiger partial charge in [-0.15, -0.1) is 0 Å². The number of hydrogen-bond donors (Lipinski definition) is 0. The largest absolute Gasteiger partial charge is 0.379 e. The maximum atomic E-state index is 12.5. The van der Waals surface area contributed by atoms with Crippen LogP contribution < -0.4 is 0 Å². The molecule has 0 spiro atoms. The number of ether oxygens (including phenoxy) is 1. The maximum absolute atomic E-state index is 12.5. The van der Waals surface area contributed by atoms with Gasteiger partial charge in [0.25, 0.3) is 0 Å². The summed E-state index contributed by atoms with van der Waals surface area (Å²) in [5.41, 5.74) is 2.17. The standard InChI is InChI=1S/C18H29N5O2/c1-21(2)13-16-18(20-6-5-19-16)15-3-7-23(8-4-15)17(24)14-22-9-11-25-12-10-22/h5-6,15H,3-4,7-14H2,1-2H3. The van der Waals surface area contributed by atoms with Crippen LogP contribution in [0.3, 0.4) is 0 Å². The maximum Gasteiger partial charge on any atom is 0.236 e. The van der Waals surface area contributed by atoms with Crippen LogP contribution in [0.5, 0.6) is 0 Å². The van der Waals surface area contributed by atoms with Crippen molar-refractivity contribution in [3.8, 4) is 0 Å². The highest BCUT2D eigenvalue weighted by atomic mass is 16.5. The van der Waals surface area contributed by atoms with Crippen molar-refractivity contribution in [3.05, 3.63) is 23.8 Å². The molecule has 0 aromatic carbocycles. The number of aromatic nitrogens is 2. The average Bonchev–Trinajstić information content (AvgIpc) is 2.63. The molecular weight excluding hydrogens is 318 g/mol. The highest BCUT2D eigenvalue weighted by Crippen LogP contribution is 2.28. The van der Waals surface area contributed by atoms with Gasteiger partial charge < -0.3 is 14.5 Å². The van der Waals surface area contributed by atoms with Gasteiger partial charge in [0.2, 0.25) is 5.91 Å². The van der Waals surface area contributed by atoms with Gasteiger partial charge in [0, 0.05) is 51.0 Å². The quantitative estimate of drug-likeness (QED) is 0.776. The number of nitrogens with zero attached hydrogens (tertiary/aromatic N) is 5. The van der Waals surface area contributed by atoms with E-state index in [-0.39, 0.29) is 5.91 Å². The normalized spacial score (nSPS) is 20.2. The van der Waals surface area contributed by atoms with Crippen molar-refractivity contribution < 1.29 is 9.53 Å². The second-order valence-electron chi connectivity index (χ2n) is 7.17. The van der Waals surface area contributed by atoms with Gasteiger partial charge >= 0.3 is 0 Å². The molecule has 138 valence electrons. The number of carbonyl (C=O) groups excluding carboxylic acids is 1. The molecule has 2 aliphatic rings. The number of hydrogen-bond acceptors (Lipinski definition) is 6. The van der Waals surface area contributed by atoms with E-state index >= 15 is 0 Å². The van der Waals surface area contributed by atoms with E-state index < -0.39 is 0 Å². The lowest BCUT2D eigenvalue weighted by Gasteiger charge is -2.34. The number of carbonyl (C=O) groups is 1. The molecule has 0 N–H and O–H groups in total. The molecule has 3 heterocycles. The van der Waals surface area contributed by atoms with Crippen LogP contribution in [0.1, 0.15) is 30.1 Å². The SMILES string of the molecule is CN(C)Cc1nccnc1C1CCN(C(=O)CN2CCOCC2)CC1. The topological polar surface area (TPSA) is 61.8 Å². The Hall–Kier alpha value is -1.57. The molecule has 1 aromatic heterocycles. The average molecular weight is 347 g/mol. The molecule has 1 aromatic rings. The summed E-state index contributed by atoms with van der Waals surface area (Å²) >= 11 is 0. The highest BCUT2D eigenvalue weighted by Gasteiger charge is 2.27. The molecule has 0 radical (unpaired) electrons. The molecule has 2 aliphatic heterocycles. The fraction of sp³-hybridized carbons (Fsp3) is 0.722. The highest BCUT2D eigenvalue weighted by molar-refractivity contribution is 5.78. The van der Waals surface area contributed by atoms with Gasteiger partial charge in [-0.05, 0) is 26.9 Å². The van der Waals surface area contributed by atoms with Crippen LogP contribution in [0, 0.1) is 0 Å². The van der Waals surface area contributed by atoms with Crippen LogP contribution in [-0.2, 0) is 16.1 Å². The Kier molecular flexibility index (Phi) is 6.34. The minimum absolute atomic E-state index is 0.244. The number of likely N-dealkylation sites (tertiary alicyclic amines) is 1. The van der Waals surface area contributed by atoms with Gasteiger partial charge in [-0.25, -0.2) is 0 Å². The summed E-state index contributed by atoms with van der Waals surface area (Å²) < 4.78 is 5.35. The summed E-state index contributed by atoms with van der Waals surface area (Å²) in [7, 11) is 4.09. The number of amides is 1. The number of rotatable bonds is 5. The molecule has 7 nitrogen and oxygen atoms in total. The van der Waals surface area contributed by atoms with Crippen molar-refractivity contribution >= 4 is 5.91 Å². The Morgan fingerprint density at radius 2 is 1.84 bits per heavy atom. The molecule has 2 saturated heterocycles. The molecule has 1 amide bonds. The van der Waals surface area contributed by atoms with Crippen LogP contribution in [0.2, 0.25) is 0 Å². The van der Waals surface area contributed by atoms with Gasteiger partial charge in [0.05, 0.1) is 31.1 Å². The smallest absolute Gasteiger partial charge is 0.236 e. The first kappa shape index (κ1) is 18.2. The summed E-state index contributed by atoms with van der Waals surface area (Å²) in [4.78, 5) is 28.0. The van der Waals surface area contributed by atoms with E-state index in [9.17, 15) is 4.79 Å². The Morgan fingerprint density at radius 3 is 2.52 bits per heavy atom. The Balaban J connectivity index is 1.54. The van der Waals surface area contributed by atoms with E-state index in [1.54, 1.807) is 12.4 Å². The Bertz CT molecular complexity index is 566. The molecule has 0 saturated carbocycles. The Labute approximate surface area is 150 Å². The van der Waals surface area contributed by atoms with Crippen molar-refractivity contribution in [1.82, 2.24) is 24.7 Å². The molecule has 0 aliphatic carbocycles. The minimum Gasteiger partial charge on any atom is -0.379 e. The summed E-state index contributed by atoms with van der Waals surface area (Å²) in [6.45, 7) is 6.13. The molecular formula is C18H29N5O2. The van der Waals surface area contributed by atoms with E-state index in [1.165, 1.54) is 0 Å². The molecule has 3 rings (SSSR count). The van der Waals surface area contributed by atoms with Gasteiger partial charge in [-0.2, -0.15) is 0 Å². The first-order valence-corrected chi connectivity index (χ1v) is 9.16. The van der Waals surface area contributed by atoms with E-state index in [0.717, 1.165) is 70.2 Å². The lowest BCUT2D eigenvalue weighted by atomic mass is 9.91.